The van der Waals surface area contributed by atoms with E-state index in [0.29, 0.717) is 5.92 Å². The van der Waals surface area contributed by atoms with Gasteiger partial charge in [0.2, 0.25) is 5.91 Å². The molecule has 0 bridgehead atoms. The Balaban J connectivity index is 1.98. The number of amides is 1. The van der Waals surface area contributed by atoms with E-state index in [4.69, 9.17) is 0 Å². The molecule has 0 unspecified atom stereocenters. The molecule has 0 atom stereocenters. The molecule has 4 nitrogen and oxygen atoms in total. The van der Waals surface area contributed by atoms with Gasteiger partial charge in [0.25, 0.3) is 0 Å². The van der Waals surface area contributed by atoms with Crippen molar-refractivity contribution in [1.82, 2.24) is 10.6 Å². The Hall–Kier alpha value is -1.07. The minimum Gasteiger partial charge on any atom is -0.371 e. The molecule has 1 saturated heterocycles. The van der Waals surface area contributed by atoms with Gasteiger partial charge in [0.05, 0.1) is 0 Å². The fourth-order valence-corrected chi connectivity index (χ4v) is 3.19. The molecule has 1 aliphatic rings. The van der Waals surface area contributed by atoms with Gasteiger partial charge in [-0.3, -0.25) is 4.79 Å². The maximum absolute atomic E-state index is 11.0. The average molecular weight is 354 g/mol. The number of hydrogen-bond acceptors (Lipinski definition) is 3. The summed E-state index contributed by atoms with van der Waals surface area (Å²) < 4.78 is 1.12. The van der Waals surface area contributed by atoms with Crippen molar-refractivity contribution in [1.29, 1.82) is 0 Å². The van der Waals surface area contributed by atoms with Gasteiger partial charge in [-0.05, 0) is 43.5 Å². The third kappa shape index (κ3) is 4.71. The molecule has 5 heteroatoms. The first-order valence-corrected chi connectivity index (χ1v) is 8.32. The van der Waals surface area contributed by atoms with Crippen LogP contribution < -0.4 is 15.5 Å². The van der Waals surface area contributed by atoms with Crippen molar-refractivity contribution in [3.8, 4) is 0 Å². The second-order valence-electron chi connectivity index (χ2n) is 5.67. The van der Waals surface area contributed by atoms with Crippen LogP contribution in [0.15, 0.2) is 22.7 Å². The van der Waals surface area contributed by atoms with Gasteiger partial charge >= 0.3 is 0 Å². The summed E-state index contributed by atoms with van der Waals surface area (Å²) in [6.07, 6.45) is 2.26. The quantitative estimate of drug-likeness (QED) is 0.854. The van der Waals surface area contributed by atoms with E-state index in [-0.39, 0.29) is 5.91 Å². The van der Waals surface area contributed by atoms with Crippen LogP contribution in [0.5, 0.6) is 0 Å². The van der Waals surface area contributed by atoms with Crippen molar-refractivity contribution < 1.29 is 4.79 Å². The van der Waals surface area contributed by atoms with Crippen LogP contribution in [0.4, 0.5) is 5.69 Å². The number of nitrogens with zero attached hydrogens (tertiary/aromatic N) is 1. The Labute approximate surface area is 135 Å². The minimum atomic E-state index is 0.0701. The average Bonchev–Trinajstić information content (AvgIpc) is 2.48. The molecule has 1 amide bonds. The lowest BCUT2D eigenvalue weighted by Crippen LogP contribution is -2.38. The first-order valence-electron chi connectivity index (χ1n) is 7.52. The number of benzene rings is 1. The van der Waals surface area contributed by atoms with Gasteiger partial charge in [0.15, 0.2) is 0 Å². The van der Waals surface area contributed by atoms with Crippen LogP contribution >= 0.6 is 15.9 Å². The molecule has 0 aliphatic carbocycles. The van der Waals surface area contributed by atoms with Gasteiger partial charge in [-0.25, -0.2) is 0 Å². The van der Waals surface area contributed by atoms with Gasteiger partial charge in [0.1, 0.15) is 0 Å². The molecule has 2 rings (SSSR count). The van der Waals surface area contributed by atoms with Crippen molar-refractivity contribution in [3.63, 3.8) is 0 Å². The maximum Gasteiger partial charge on any atom is 0.216 e. The summed E-state index contributed by atoms with van der Waals surface area (Å²) in [6.45, 7) is 5.38. The van der Waals surface area contributed by atoms with Crippen molar-refractivity contribution in [2.45, 2.75) is 26.3 Å². The molecule has 21 heavy (non-hydrogen) atoms. The topological polar surface area (TPSA) is 44.4 Å². The lowest BCUT2D eigenvalue weighted by atomic mass is 9.95. The first-order chi connectivity index (χ1) is 10.1. The number of carbonyl (C=O) groups excluding carboxylic acids is 1. The molecule has 0 saturated carbocycles. The Kier molecular flexibility index (Phi) is 6.06. The smallest absolute Gasteiger partial charge is 0.216 e. The summed E-state index contributed by atoms with van der Waals surface area (Å²) in [6, 6.07) is 6.49. The zero-order chi connectivity index (χ0) is 15.2. The molecule has 0 spiro atoms. The molecule has 1 aromatic carbocycles. The van der Waals surface area contributed by atoms with Gasteiger partial charge < -0.3 is 15.5 Å². The monoisotopic (exact) mass is 353 g/mol. The Bertz CT molecular complexity index is 484. The largest absolute Gasteiger partial charge is 0.371 e. The van der Waals surface area contributed by atoms with E-state index in [1.807, 2.05) is 7.05 Å². The number of halogens is 1. The molecule has 1 heterocycles. The number of carbonyl (C=O) groups is 1. The van der Waals surface area contributed by atoms with Crippen LogP contribution in [0, 0.1) is 5.92 Å². The maximum atomic E-state index is 11.0. The Morgan fingerprint density at radius 1 is 1.38 bits per heavy atom. The summed E-state index contributed by atoms with van der Waals surface area (Å²) in [5, 5.41) is 6.17. The molecule has 1 aromatic rings. The van der Waals surface area contributed by atoms with Crippen molar-refractivity contribution >= 4 is 27.5 Å². The third-order valence-corrected chi connectivity index (χ3v) is 4.50. The van der Waals surface area contributed by atoms with Crippen LogP contribution in [-0.2, 0) is 11.3 Å². The number of anilines is 1. The van der Waals surface area contributed by atoms with Crippen molar-refractivity contribution in [2.24, 2.45) is 5.92 Å². The van der Waals surface area contributed by atoms with E-state index < -0.39 is 0 Å². The predicted octanol–water partition coefficient (Wildman–Crippen LogP) is 2.52. The van der Waals surface area contributed by atoms with Crippen LogP contribution in [0.3, 0.4) is 0 Å². The van der Waals surface area contributed by atoms with Crippen LogP contribution in [-0.4, -0.2) is 32.6 Å². The summed E-state index contributed by atoms with van der Waals surface area (Å²) in [4.78, 5) is 13.5. The molecular weight excluding hydrogens is 330 g/mol. The van der Waals surface area contributed by atoms with Gasteiger partial charge in [0, 0.05) is 43.3 Å². The molecule has 2 N–H and O–H groups in total. The second-order valence-corrected chi connectivity index (χ2v) is 6.59. The predicted molar refractivity (Wildman–Crippen MR) is 90.5 cm³/mol. The Morgan fingerprint density at radius 3 is 2.71 bits per heavy atom. The van der Waals surface area contributed by atoms with E-state index in [9.17, 15) is 4.79 Å². The second kappa shape index (κ2) is 7.80. The fourth-order valence-electron chi connectivity index (χ4n) is 2.84. The van der Waals surface area contributed by atoms with E-state index in [2.05, 4.69) is 49.7 Å². The SMILES string of the molecule is CNCc1ccc(Br)cc1N1CCC(CNC(C)=O)CC1. The van der Waals surface area contributed by atoms with Crippen molar-refractivity contribution in [3.05, 3.63) is 28.2 Å². The molecule has 0 radical (unpaired) electrons. The summed E-state index contributed by atoms with van der Waals surface area (Å²) in [5.41, 5.74) is 2.65. The number of nitrogens with one attached hydrogen (secondary N) is 2. The Morgan fingerprint density at radius 2 is 2.10 bits per heavy atom. The molecule has 0 aromatic heterocycles. The molecule has 1 fully saturated rings. The number of hydrogen-bond donors (Lipinski definition) is 2. The number of rotatable bonds is 5. The fraction of sp³-hybridized carbons (Fsp3) is 0.562. The zero-order valence-corrected chi connectivity index (χ0v) is 14.4. The highest BCUT2D eigenvalue weighted by molar-refractivity contribution is 9.10. The van der Waals surface area contributed by atoms with Crippen LogP contribution in [0.1, 0.15) is 25.3 Å². The van der Waals surface area contributed by atoms with Gasteiger partial charge in [-0.15, -0.1) is 0 Å². The van der Waals surface area contributed by atoms with Gasteiger partial charge in [-0.1, -0.05) is 22.0 Å². The lowest BCUT2D eigenvalue weighted by molar-refractivity contribution is -0.119. The summed E-state index contributed by atoms with van der Waals surface area (Å²) in [7, 11) is 1.98. The summed E-state index contributed by atoms with van der Waals surface area (Å²) >= 11 is 3.57. The highest BCUT2D eigenvalue weighted by Gasteiger charge is 2.21. The minimum absolute atomic E-state index is 0.0701. The van der Waals surface area contributed by atoms with Crippen molar-refractivity contribution in [2.75, 3.05) is 31.6 Å². The van der Waals surface area contributed by atoms with Crippen LogP contribution in [0.25, 0.3) is 0 Å². The third-order valence-electron chi connectivity index (χ3n) is 4.01. The molecular formula is C16H24BrN3O. The zero-order valence-electron chi connectivity index (χ0n) is 12.8. The van der Waals surface area contributed by atoms with E-state index in [0.717, 1.165) is 43.5 Å². The first kappa shape index (κ1) is 16.3. The van der Waals surface area contributed by atoms with E-state index in [1.54, 1.807) is 6.92 Å². The lowest BCUT2D eigenvalue weighted by Gasteiger charge is -2.35. The normalized spacial score (nSPS) is 16.0. The highest BCUT2D eigenvalue weighted by atomic mass is 79.9. The summed E-state index contributed by atoms with van der Waals surface area (Å²) in [5.74, 6) is 0.672. The van der Waals surface area contributed by atoms with E-state index in [1.165, 1.54) is 11.3 Å². The standard InChI is InChI=1S/C16H24BrN3O/c1-12(21)19-10-13-5-7-20(8-6-13)16-9-15(17)4-3-14(16)11-18-2/h3-4,9,13,18H,5-8,10-11H2,1-2H3,(H,19,21). The highest BCUT2D eigenvalue weighted by Crippen LogP contribution is 2.29. The number of piperidine rings is 1. The van der Waals surface area contributed by atoms with Gasteiger partial charge in [-0.2, -0.15) is 0 Å². The van der Waals surface area contributed by atoms with E-state index >= 15 is 0 Å². The molecule has 1 aliphatic heterocycles. The van der Waals surface area contributed by atoms with Crippen LogP contribution in [0.2, 0.25) is 0 Å². The molecule has 116 valence electrons.